The molecule has 2 rings (SSSR count). The molecule has 0 spiro atoms. The van der Waals surface area contributed by atoms with Gasteiger partial charge in [0.2, 0.25) is 0 Å². The average molecular weight is 228 g/mol. The zero-order valence-electron chi connectivity index (χ0n) is 7.42. The molecule has 1 aromatic carbocycles. The van der Waals surface area contributed by atoms with Crippen LogP contribution < -0.4 is 4.74 Å². The molecule has 72 valence electrons. The van der Waals surface area contributed by atoms with Gasteiger partial charge in [-0.25, -0.2) is 4.98 Å². The van der Waals surface area contributed by atoms with Crippen molar-refractivity contribution in [2.24, 2.45) is 0 Å². The Kier molecular flexibility index (Phi) is 2.48. The van der Waals surface area contributed by atoms with Crippen LogP contribution in [0.4, 0.5) is 0 Å². The van der Waals surface area contributed by atoms with E-state index in [1.165, 1.54) is 0 Å². The summed E-state index contributed by atoms with van der Waals surface area (Å²) in [5, 5.41) is 1.95. The minimum absolute atomic E-state index is 0.363. The molecule has 0 saturated heterocycles. The molecule has 0 saturated carbocycles. The van der Waals surface area contributed by atoms with Gasteiger partial charge in [0.25, 0.3) is 0 Å². The molecule has 2 aromatic rings. The number of hydrogen-bond donors (Lipinski definition) is 0. The van der Waals surface area contributed by atoms with Crippen LogP contribution in [0.5, 0.6) is 5.75 Å². The van der Waals surface area contributed by atoms with Gasteiger partial charge in [-0.2, -0.15) is 0 Å². The molecule has 1 heterocycles. The van der Waals surface area contributed by atoms with E-state index in [0.29, 0.717) is 15.9 Å². The van der Waals surface area contributed by atoms with Crippen LogP contribution in [0.2, 0.25) is 10.2 Å². The lowest BCUT2D eigenvalue weighted by atomic mass is 10.2. The third kappa shape index (κ3) is 1.63. The number of methoxy groups -OCH3 is 1. The van der Waals surface area contributed by atoms with Crippen LogP contribution in [0.25, 0.3) is 10.9 Å². The summed E-state index contributed by atoms with van der Waals surface area (Å²) in [6.07, 6.45) is 0. The third-order valence-corrected chi connectivity index (χ3v) is 2.42. The lowest BCUT2D eigenvalue weighted by molar-refractivity contribution is 0.414. The Balaban J connectivity index is 2.73. The number of nitrogens with zero attached hydrogens (tertiary/aromatic N) is 1. The van der Waals surface area contributed by atoms with E-state index in [9.17, 15) is 0 Å². The van der Waals surface area contributed by atoms with Crippen LogP contribution >= 0.6 is 23.2 Å². The summed E-state index contributed by atoms with van der Waals surface area (Å²) < 4.78 is 5.06. The number of ether oxygens (including phenoxy) is 1. The van der Waals surface area contributed by atoms with Gasteiger partial charge in [0.1, 0.15) is 0 Å². The van der Waals surface area contributed by atoms with E-state index in [1.54, 1.807) is 13.2 Å². The molecule has 0 amide bonds. The first-order valence-electron chi connectivity index (χ1n) is 4.00. The van der Waals surface area contributed by atoms with E-state index in [2.05, 4.69) is 4.98 Å². The second kappa shape index (κ2) is 3.64. The fraction of sp³-hybridized carbons (Fsp3) is 0.100. The predicted octanol–water partition coefficient (Wildman–Crippen LogP) is 3.55. The van der Waals surface area contributed by atoms with Crippen LogP contribution in [0.3, 0.4) is 0 Å². The largest absolute Gasteiger partial charge is 0.494 e. The Hall–Kier alpha value is -0.990. The average Bonchev–Trinajstić information content (AvgIpc) is 2.17. The fourth-order valence-electron chi connectivity index (χ4n) is 1.25. The Morgan fingerprint density at radius 1 is 1.21 bits per heavy atom. The summed E-state index contributed by atoms with van der Waals surface area (Å²) in [5.74, 6) is 0.557. The maximum absolute atomic E-state index is 5.87. The molecule has 1 aromatic heterocycles. The first-order chi connectivity index (χ1) is 6.70. The van der Waals surface area contributed by atoms with Crippen molar-refractivity contribution in [1.82, 2.24) is 4.98 Å². The van der Waals surface area contributed by atoms with Gasteiger partial charge in [0, 0.05) is 10.4 Å². The molecule has 0 bridgehead atoms. The van der Waals surface area contributed by atoms with Gasteiger partial charge in [-0.3, -0.25) is 0 Å². The number of pyridine rings is 1. The molecule has 0 unspecified atom stereocenters. The summed E-state index contributed by atoms with van der Waals surface area (Å²) in [6, 6.07) is 7.24. The van der Waals surface area contributed by atoms with Crippen LogP contribution in [0, 0.1) is 0 Å². The van der Waals surface area contributed by atoms with Crippen LogP contribution in [0.1, 0.15) is 0 Å². The molecule has 2 nitrogen and oxygen atoms in total. The molecule has 0 radical (unpaired) electrons. The van der Waals surface area contributed by atoms with Gasteiger partial charge in [0.15, 0.2) is 10.9 Å². The normalized spacial score (nSPS) is 10.5. The van der Waals surface area contributed by atoms with Crippen LogP contribution in [-0.4, -0.2) is 12.1 Å². The molecule has 4 heteroatoms. The first kappa shape index (κ1) is 9.56. The molecule has 0 aliphatic carbocycles. The second-order valence-corrected chi connectivity index (χ2v) is 3.61. The highest BCUT2D eigenvalue weighted by Crippen LogP contribution is 2.27. The minimum Gasteiger partial charge on any atom is -0.494 e. The van der Waals surface area contributed by atoms with Gasteiger partial charge in [-0.05, 0) is 24.3 Å². The van der Waals surface area contributed by atoms with Crippen molar-refractivity contribution in [2.75, 3.05) is 7.11 Å². The molecular formula is C10H7Cl2NO. The highest BCUT2D eigenvalue weighted by molar-refractivity contribution is 6.32. The number of halogens is 2. The molecule has 0 N–H and O–H groups in total. The number of aromatic nitrogens is 1. The van der Waals surface area contributed by atoms with Gasteiger partial charge < -0.3 is 4.74 Å². The molecule has 0 atom stereocenters. The number of hydrogen-bond acceptors (Lipinski definition) is 2. The number of rotatable bonds is 1. The van der Waals surface area contributed by atoms with E-state index < -0.39 is 0 Å². The van der Waals surface area contributed by atoms with Gasteiger partial charge in [-0.15, -0.1) is 0 Å². The lowest BCUT2D eigenvalue weighted by Gasteiger charge is -2.04. The maximum atomic E-state index is 5.87. The summed E-state index contributed by atoms with van der Waals surface area (Å²) in [4.78, 5) is 4.17. The summed E-state index contributed by atoms with van der Waals surface area (Å²) in [5.41, 5.74) is 0.806. The van der Waals surface area contributed by atoms with Crippen LogP contribution in [0.15, 0.2) is 24.3 Å². The highest BCUT2D eigenvalue weighted by atomic mass is 35.5. The third-order valence-electron chi connectivity index (χ3n) is 1.92. The Morgan fingerprint density at radius 2 is 2.00 bits per heavy atom. The van der Waals surface area contributed by atoms with Gasteiger partial charge in [0.05, 0.1) is 12.6 Å². The van der Waals surface area contributed by atoms with Crippen molar-refractivity contribution in [3.8, 4) is 5.75 Å². The summed E-state index contributed by atoms with van der Waals surface area (Å²) >= 11 is 11.7. The summed E-state index contributed by atoms with van der Waals surface area (Å²) in [7, 11) is 1.55. The maximum Gasteiger partial charge on any atom is 0.171 e. The van der Waals surface area contributed by atoms with Gasteiger partial charge in [-0.1, -0.05) is 23.2 Å². The van der Waals surface area contributed by atoms with Crippen molar-refractivity contribution in [1.29, 1.82) is 0 Å². The number of fused-ring (bicyclic) bond motifs is 1. The van der Waals surface area contributed by atoms with E-state index in [1.807, 2.05) is 18.2 Å². The lowest BCUT2D eigenvalue weighted by Crippen LogP contribution is -1.88. The van der Waals surface area contributed by atoms with Crippen molar-refractivity contribution in [3.63, 3.8) is 0 Å². The molecule has 0 fully saturated rings. The predicted molar refractivity (Wildman–Crippen MR) is 58.3 cm³/mol. The van der Waals surface area contributed by atoms with Crippen molar-refractivity contribution in [3.05, 3.63) is 34.4 Å². The molecular weight excluding hydrogens is 221 g/mol. The topological polar surface area (TPSA) is 22.1 Å². The van der Waals surface area contributed by atoms with Crippen LogP contribution in [-0.2, 0) is 0 Å². The quantitative estimate of drug-likeness (QED) is 0.696. The Morgan fingerprint density at radius 3 is 2.71 bits per heavy atom. The molecule has 0 aliphatic heterocycles. The minimum atomic E-state index is 0.363. The van der Waals surface area contributed by atoms with E-state index >= 15 is 0 Å². The van der Waals surface area contributed by atoms with Crippen molar-refractivity contribution < 1.29 is 4.74 Å². The zero-order valence-corrected chi connectivity index (χ0v) is 8.93. The number of benzene rings is 1. The monoisotopic (exact) mass is 227 g/mol. The zero-order chi connectivity index (χ0) is 10.1. The SMILES string of the molecule is COc1cc2cc(Cl)ccc2nc1Cl. The first-order valence-corrected chi connectivity index (χ1v) is 4.76. The Bertz CT molecular complexity index is 485. The summed E-state index contributed by atoms with van der Waals surface area (Å²) in [6.45, 7) is 0. The molecule has 14 heavy (non-hydrogen) atoms. The Labute approximate surface area is 91.4 Å². The smallest absolute Gasteiger partial charge is 0.171 e. The molecule has 0 aliphatic rings. The highest BCUT2D eigenvalue weighted by Gasteiger charge is 2.04. The van der Waals surface area contributed by atoms with E-state index in [0.717, 1.165) is 10.9 Å². The van der Waals surface area contributed by atoms with E-state index in [-0.39, 0.29) is 0 Å². The van der Waals surface area contributed by atoms with Crippen molar-refractivity contribution in [2.45, 2.75) is 0 Å². The second-order valence-electron chi connectivity index (χ2n) is 2.82. The fourth-order valence-corrected chi connectivity index (χ4v) is 1.65. The van der Waals surface area contributed by atoms with Gasteiger partial charge >= 0.3 is 0 Å². The van der Waals surface area contributed by atoms with Crippen molar-refractivity contribution >= 4 is 34.1 Å². The van der Waals surface area contributed by atoms with E-state index in [4.69, 9.17) is 27.9 Å². The standard InChI is InChI=1S/C10H7Cl2NO/c1-14-9-5-6-4-7(11)2-3-8(6)13-10(9)12/h2-5H,1H3.